The zero-order valence-electron chi connectivity index (χ0n) is 20.0. The van der Waals surface area contributed by atoms with E-state index in [2.05, 4.69) is 21.7 Å². The van der Waals surface area contributed by atoms with Gasteiger partial charge in [-0.1, -0.05) is 18.2 Å². The topological polar surface area (TPSA) is 434 Å². The molecule has 1 radical (unpaired) electrons. The summed E-state index contributed by atoms with van der Waals surface area (Å²) in [6.45, 7) is 1.99. The van der Waals surface area contributed by atoms with Gasteiger partial charge in [0.2, 0.25) is 0 Å². The number of hydrogen-bond donors (Lipinski definition) is 3. The van der Waals surface area contributed by atoms with Gasteiger partial charge in [-0.15, -0.1) is 0 Å². The van der Waals surface area contributed by atoms with Gasteiger partial charge in [-0.25, -0.2) is 14.6 Å². The van der Waals surface area contributed by atoms with Crippen LogP contribution in [0, 0.1) is 37.6 Å². The molecule has 0 aliphatic heterocycles. The molecule has 1 aromatic heterocycles. The van der Waals surface area contributed by atoms with E-state index < -0.39 is 22.1 Å². The van der Waals surface area contributed by atoms with E-state index in [-0.39, 0.29) is 66.5 Å². The van der Waals surface area contributed by atoms with E-state index in [0.29, 0.717) is 0 Å². The van der Waals surface area contributed by atoms with Crippen molar-refractivity contribution in [3.63, 3.8) is 0 Å². The van der Waals surface area contributed by atoms with Crippen LogP contribution in [-0.2, 0) is 16.8 Å². The Hall–Kier alpha value is -4.94. The van der Waals surface area contributed by atoms with Gasteiger partial charge < -0.3 is 83.4 Å². The van der Waals surface area contributed by atoms with Crippen LogP contribution in [0.5, 0.6) is 5.75 Å². The van der Waals surface area contributed by atoms with Crippen molar-refractivity contribution in [2.24, 2.45) is 0 Å². The molecule has 0 saturated carbocycles. The van der Waals surface area contributed by atoms with Crippen molar-refractivity contribution in [1.82, 2.24) is 9.55 Å². The molecule has 40 heavy (non-hydrogen) atoms. The van der Waals surface area contributed by atoms with Gasteiger partial charge in [-0.2, -0.15) is 0 Å². The van der Waals surface area contributed by atoms with Crippen LogP contribution in [0.25, 0.3) is 5.69 Å². The number of aryl methyl sites for hydroxylation is 1. The maximum atomic E-state index is 10.4. The van der Waals surface area contributed by atoms with Gasteiger partial charge in [-0.3, -0.25) is 0 Å². The smallest absolute Gasteiger partial charge is 0.508 e. The third-order valence-electron chi connectivity index (χ3n) is 3.27. The Kier molecular flexibility index (Phi) is 39.7. The zero-order chi connectivity index (χ0) is 25.6. The third-order valence-corrected chi connectivity index (χ3v) is 3.27. The van der Waals surface area contributed by atoms with Crippen LogP contribution in [0.4, 0.5) is 0 Å². The molecule has 231 valence electrons. The molecular weight excluding hydrogens is 603 g/mol. The fraction of sp³-hybridized carbons (Fsp3) is 0.0556. The van der Waals surface area contributed by atoms with Crippen molar-refractivity contribution in [3.05, 3.63) is 109 Å². The normalized spacial score (nSPS) is 7.33. The van der Waals surface area contributed by atoms with Gasteiger partial charge in [0, 0.05) is 18.1 Å². The summed E-state index contributed by atoms with van der Waals surface area (Å²) in [7, 11) is 0. The van der Waals surface area contributed by atoms with E-state index in [1.807, 2.05) is 37.5 Å². The number of carboxylic acids is 2. The summed E-state index contributed by atoms with van der Waals surface area (Å²) in [5.41, 5.74) is 0.655. The van der Waals surface area contributed by atoms with Crippen LogP contribution in [0.2, 0.25) is 0 Å². The number of carbonyl (C=O) groups is 2. The predicted octanol–water partition coefficient (Wildman–Crippen LogP) is -2.46. The molecular formula is C18H28CoN4O17. The molecule has 22 heteroatoms. The summed E-state index contributed by atoms with van der Waals surface area (Å²) in [5, 5.41) is 55.5. The third kappa shape index (κ3) is 24.7. The monoisotopic (exact) mass is 631 g/mol. The molecule has 0 saturated heterocycles. The van der Waals surface area contributed by atoms with E-state index in [4.69, 9.17) is 46.0 Å². The van der Waals surface area contributed by atoms with Crippen LogP contribution in [0.1, 0.15) is 26.5 Å². The molecule has 0 aliphatic rings. The first-order valence-corrected chi connectivity index (χ1v) is 8.34. The number of para-hydroxylation sites is 1. The fourth-order valence-electron chi connectivity index (χ4n) is 2.10. The SMILES string of the molecule is Cc1nccn1-c1ccccc1.O.O.O.O.O.O.O=C(O)c1cc(O)cc(C(=O)O)c1.O=[N+]([O-])[O-].O=[N+]([O-])[O-].[Co+2]. The van der Waals surface area contributed by atoms with Crippen LogP contribution >= 0.6 is 0 Å². The standard InChI is InChI=1S/C10H10N2.C8H6O5.Co.2NO3.6H2O/c1-9-11-7-8-12(9)10-5-3-2-4-6-10;9-6-2-4(7(10)11)1-5(3-6)8(12)13;;2*2-1(3)4;;;;;;/h2-8H,1H3;1-3,9H,(H,10,11)(H,12,13);;;;6*1H2/q;;+2;2*-1;;;;;;. The molecule has 0 unspecified atom stereocenters. The number of phenolic OH excluding ortho intramolecular Hbond substituents is 1. The number of aromatic carboxylic acids is 2. The van der Waals surface area contributed by atoms with Crippen molar-refractivity contribution in [3.8, 4) is 11.4 Å². The van der Waals surface area contributed by atoms with E-state index in [1.165, 1.54) is 0 Å². The summed E-state index contributed by atoms with van der Waals surface area (Å²) in [5.74, 6) is -1.92. The number of rotatable bonds is 3. The summed E-state index contributed by atoms with van der Waals surface area (Å²) < 4.78 is 2.06. The maximum absolute atomic E-state index is 10.4. The Morgan fingerprint density at radius 2 is 1.12 bits per heavy atom. The molecule has 0 spiro atoms. The van der Waals surface area contributed by atoms with Crippen LogP contribution in [0.15, 0.2) is 60.9 Å². The van der Waals surface area contributed by atoms with E-state index >= 15 is 0 Å². The van der Waals surface area contributed by atoms with E-state index in [1.54, 1.807) is 0 Å². The summed E-state index contributed by atoms with van der Waals surface area (Å²) in [6.07, 6.45) is 3.77. The average Bonchev–Trinajstić information content (AvgIpc) is 3.13. The number of imidazole rings is 1. The number of carboxylic acid groups (broad SMARTS) is 2. The Morgan fingerprint density at radius 1 is 0.775 bits per heavy atom. The quantitative estimate of drug-likeness (QED) is 0.200. The first-order valence-electron chi connectivity index (χ1n) is 8.34. The van der Waals surface area contributed by atoms with Gasteiger partial charge >= 0.3 is 28.7 Å². The predicted molar refractivity (Wildman–Crippen MR) is 133 cm³/mol. The van der Waals surface area contributed by atoms with Crippen LogP contribution in [-0.4, -0.2) is 79.8 Å². The van der Waals surface area contributed by atoms with Crippen molar-refractivity contribution < 1.29 is 84.7 Å². The first kappa shape index (κ1) is 55.5. The average molecular weight is 631 g/mol. The number of nitrogens with zero attached hydrogens (tertiary/aromatic N) is 4. The van der Waals surface area contributed by atoms with E-state index in [0.717, 1.165) is 29.7 Å². The minimum atomic E-state index is -1.75. The molecule has 2 aromatic carbocycles. The zero-order valence-corrected chi connectivity index (χ0v) is 21.0. The summed E-state index contributed by atoms with van der Waals surface area (Å²) in [4.78, 5) is 41.5. The molecule has 0 aliphatic carbocycles. The summed E-state index contributed by atoms with van der Waals surface area (Å²) in [6, 6.07) is 13.1. The number of phenols is 1. The molecule has 0 bridgehead atoms. The molecule has 15 N–H and O–H groups in total. The number of aromatic nitrogens is 2. The van der Waals surface area contributed by atoms with E-state index in [9.17, 15) is 9.59 Å². The van der Waals surface area contributed by atoms with Gasteiger partial charge in [-0.05, 0) is 37.3 Å². The minimum absolute atomic E-state index is 0. The maximum Gasteiger partial charge on any atom is 2.00 e. The molecule has 3 rings (SSSR count). The molecule has 0 atom stereocenters. The second kappa shape index (κ2) is 28.6. The van der Waals surface area contributed by atoms with Crippen molar-refractivity contribution >= 4 is 11.9 Å². The minimum Gasteiger partial charge on any atom is -0.508 e. The molecule has 0 amide bonds. The molecule has 1 heterocycles. The van der Waals surface area contributed by atoms with Crippen molar-refractivity contribution in [2.45, 2.75) is 6.92 Å². The fourth-order valence-corrected chi connectivity index (χ4v) is 2.10. The Labute approximate surface area is 233 Å². The van der Waals surface area contributed by atoms with Gasteiger partial charge in [0.15, 0.2) is 0 Å². The van der Waals surface area contributed by atoms with Crippen molar-refractivity contribution in [2.75, 3.05) is 0 Å². The second-order valence-electron chi connectivity index (χ2n) is 5.51. The first-order chi connectivity index (χ1) is 15.3. The molecule has 21 nitrogen and oxygen atoms in total. The number of hydrogen-bond acceptors (Lipinski definition) is 10. The summed E-state index contributed by atoms with van der Waals surface area (Å²) >= 11 is 0. The second-order valence-corrected chi connectivity index (χ2v) is 5.51. The number of benzene rings is 2. The molecule has 3 aromatic rings. The van der Waals surface area contributed by atoms with Gasteiger partial charge in [0.25, 0.3) is 0 Å². The van der Waals surface area contributed by atoms with Gasteiger partial charge in [0.1, 0.15) is 11.6 Å². The Balaban J connectivity index is -0.0000000593. The van der Waals surface area contributed by atoms with Gasteiger partial charge in [0.05, 0.1) is 21.3 Å². The van der Waals surface area contributed by atoms with Crippen LogP contribution in [0.3, 0.4) is 0 Å². The molecule has 0 fully saturated rings. The largest absolute Gasteiger partial charge is 2.00 e. The van der Waals surface area contributed by atoms with Crippen LogP contribution < -0.4 is 0 Å². The Bertz CT molecular complexity index is 1050. The van der Waals surface area contributed by atoms with Crippen molar-refractivity contribution in [1.29, 1.82) is 0 Å². The number of aromatic hydroxyl groups is 1. The Morgan fingerprint density at radius 3 is 1.40 bits per heavy atom.